The molecule has 7 rings (SSSR count). The van der Waals surface area contributed by atoms with E-state index < -0.39 is 5.41 Å². The molecule has 3 aromatic carbocycles. The highest BCUT2D eigenvalue weighted by atomic mass is 19.1. The zero-order valence-electron chi connectivity index (χ0n) is 22.7. The summed E-state index contributed by atoms with van der Waals surface area (Å²) in [6.07, 6.45) is 15.1. The van der Waals surface area contributed by atoms with Gasteiger partial charge in [-0.3, -0.25) is 9.59 Å². The van der Waals surface area contributed by atoms with Crippen LogP contribution < -0.4 is 0 Å². The van der Waals surface area contributed by atoms with Gasteiger partial charge in [-0.1, -0.05) is 72.8 Å². The minimum atomic E-state index is -0.849. The minimum Gasteiger partial charge on any atom is -0.298 e. The molecule has 2 atom stereocenters. The van der Waals surface area contributed by atoms with E-state index >= 15 is 0 Å². The van der Waals surface area contributed by atoms with Gasteiger partial charge >= 0.3 is 0 Å². The van der Waals surface area contributed by atoms with Gasteiger partial charge in [-0.2, -0.15) is 0 Å². The number of allylic oxidation sites excluding steroid dienone is 6. The van der Waals surface area contributed by atoms with Crippen LogP contribution in [0.5, 0.6) is 0 Å². The maximum Gasteiger partial charge on any atom is 0.150 e. The third-order valence-electron chi connectivity index (χ3n) is 9.36. The zero-order valence-corrected chi connectivity index (χ0v) is 22.7. The largest absolute Gasteiger partial charge is 0.298 e. The van der Waals surface area contributed by atoms with E-state index in [4.69, 9.17) is 0 Å². The summed E-state index contributed by atoms with van der Waals surface area (Å²) in [5.74, 6) is 1.06. The van der Waals surface area contributed by atoms with Gasteiger partial charge in [-0.05, 0) is 113 Å². The van der Waals surface area contributed by atoms with Gasteiger partial charge in [-0.25, -0.2) is 4.39 Å². The second kappa shape index (κ2) is 9.96. The average molecular weight is 535 g/mol. The zero-order chi connectivity index (χ0) is 27.3. The van der Waals surface area contributed by atoms with Gasteiger partial charge < -0.3 is 0 Å². The number of hydrogen-bond acceptors (Lipinski definition) is 2. The lowest BCUT2D eigenvalue weighted by Gasteiger charge is -2.19. The molecule has 0 saturated heterocycles. The van der Waals surface area contributed by atoms with Gasteiger partial charge in [0.05, 0.1) is 5.41 Å². The molecule has 2 nitrogen and oxygen atoms in total. The molecule has 2 saturated carbocycles. The van der Waals surface area contributed by atoms with Crippen LogP contribution in [0.3, 0.4) is 0 Å². The summed E-state index contributed by atoms with van der Waals surface area (Å²) in [5, 5.41) is 0. The van der Waals surface area contributed by atoms with Crippen molar-refractivity contribution in [3.05, 3.63) is 130 Å². The summed E-state index contributed by atoms with van der Waals surface area (Å²) in [7, 11) is 0. The molecule has 4 aliphatic carbocycles. The SMILES string of the molecule is O=C(Cc1ccc(F)cc1)C1(C(=O)Cc2ccc(CCC3=CC4CC4c4ccc(C5=CC=CC5)cc43)cc2)CC1.[HH].[HH].[HH]. The lowest BCUT2D eigenvalue weighted by atomic mass is 9.85. The second-order valence-corrected chi connectivity index (χ2v) is 12.0. The maximum atomic E-state index is 13.2. The molecule has 2 fully saturated rings. The minimum absolute atomic E-state index is 0. The first-order valence-electron chi connectivity index (χ1n) is 14.6. The number of carbonyl (C=O) groups is 2. The number of carbonyl (C=O) groups excluding carboxylic acids is 2. The fourth-order valence-electron chi connectivity index (χ4n) is 6.59. The van der Waals surface area contributed by atoms with Crippen LogP contribution in [0, 0.1) is 17.2 Å². The molecule has 0 spiro atoms. The van der Waals surface area contributed by atoms with Crippen molar-refractivity contribution >= 4 is 22.7 Å². The van der Waals surface area contributed by atoms with Crippen LogP contribution in [0.15, 0.2) is 91.0 Å². The van der Waals surface area contributed by atoms with Crippen LogP contribution in [-0.4, -0.2) is 11.6 Å². The molecule has 0 radical (unpaired) electrons. The van der Waals surface area contributed by atoms with Gasteiger partial charge in [0.25, 0.3) is 0 Å². The van der Waals surface area contributed by atoms with Crippen LogP contribution in [-0.2, 0) is 28.9 Å². The Morgan fingerprint density at radius 2 is 1.52 bits per heavy atom. The maximum absolute atomic E-state index is 13.2. The first kappa shape index (κ1) is 25.1. The fraction of sp³-hybridized carbons (Fsp3) is 0.297. The number of Topliss-reactive ketones (excluding diaryl/α,β-unsaturated/α-hetero) is 2. The van der Waals surface area contributed by atoms with E-state index in [0.717, 1.165) is 30.4 Å². The fourth-order valence-corrected chi connectivity index (χ4v) is 6.59. The lowest BCUT2D eigenvalue weighted by molar-refractivity contribution is -0.133. The molecule has 0 heterocycles. The van der Waals surface area contributed by atoms with E-state index in [-0.39, 0.29) is 34.5 Å². The van der Waals surface area contributed by atoms with Crippen molar-refractivity contribution in [3.63, 3.8) is 0 Å². The molecule has 40 heavy (non-hydrogen) atoms. The van der Waals surface area contributed by atoms with Gasteiger partial charge in [0, 0.05) is 17.1 Å². The van der Waals surface area contributed by atoms with E-state index in [1.54, 1.807) is 12.1 Å². The van der Waals surface area contributed by atoms with Crippen molar-refractivity contribution in [1.29, 1.82) is 0 Å². The van der Waals surface area contributed by atoms with E-state index in [0.29, 0.717) is 24.7 Å². The highest BCUT2D eigenvalue weighted by molar-refractivity contribution is 6.10. The van der Waals surface area contributed by atoms with E-state index in [2.05, 4.69) is 54.6 Å². The monoisotopic (exact) mass is 534 g/mol. The number of halogens is 1. The predicted octanol–water partition coefficient (Wildman–Crippen LogP) is 8.74. The molecular weight excluding hydrogens is 495 g/mol. The summed E-state index contributed by atoms with van der Waals surface area (Å²) in [5.41, 5.74) is 9.30. The third kappa shape index (κ3) is 4.83. The van der Waals surface area contributed by atoms with E-state index in [9.17, 15) is 14.0 Å². The highest BCUT2D eigenvalue weighted by Gasteiger charge is 2.54. The highest BCUT2D eigenvalue weighted by Crippen LogP contribution is 2.55. The van der Waals surface area contributed by atoms with Gasteiger partial charge in [0.15, 0.2) is 11.6 Å². The number of fused-ring (bicyclic) bond motifs is 3. The molecule has 2 unspecified atom stereocenters. The van der Waals surface area contributed by atoms with Gasteiger partial charge in [-0.15, -0.1) is 0 Å². The van der Waals surface area contributed by atoms with Crippen molar-refractivity contribution in [1.82, 2.24) is 0 Å². The molecule has 4 aliphatic rings. The Kier molecular flexibility index (Phi) is 6.26. The molecular formula is C37H39FO2. The number of aryl methyl sites for hydroxylation is 1. The van der Waals surface area contributed by atoms with Crippen molar-refractivity contribution in [2.24, 2.45) is 11.3 Å². The smallest absolute Gasteiger partial charge is 0.150 e. The van der Waals surface area contributed by atoms with Crippen LogP contribution >= 0.6 is 0 Å². The van der Waals surface area contributed by atoms with Crippen molar-refractivity contribution in [2.45, 2.75) is 57.3 Å². The summed E-state index contributed by atoms with van der Waals surface area (Å²) in [4.78, 5) is 26.2. The summed E-state index contributed by atoms with van der Waals surface area (Å²) < 4.78 is 13.2. The third-order valence-corrected chi connectivity index (χ3v) is 9.36. The Hall–Kier alpha value is -3.85. The Bertz CT molecular complexity index is 1600. The van der Waals surface area contributed by atoms with Crippen LogP contribution in [0.4, 0.5) is 4.39 Å². The van der Waals surface area contributed by atoms with E-state index in [1.165, 1.54) is 52.0 Å². The number of rotatable bonds is 10. The summed E-state index contributed by atoms with van der Waals surface area (Å²) in [6.45, 7) is 0. The van der Waals surface area contributed by atoms with Crippen molar-refractivity contribution in [2.75, 3.05) is 0 Å². The standard InChI is InChI=1S/C37H33FO2.3H2/c38-31-14-10-26(11-15-31)20-36(40)37(17-18-37)35(39)19-25-7-5-24(6-8-25)9-12-29-21-30-23-34(30)32-16-13-28(22-33(29)32)27-3-1-2-4-27;;;/h1-3,5-8,10-11,13-16,21-22,30,34H,4,9,12,17-20,23H2;3*1H. The summed E-state index contributed by atoms with van der Waals surface area (Å²) in [6, 6.07) is 21.4. The quantitative estimate of drug-likeness (QED) is 0.244. The molecule has 3 heteroatoms. The van der Waals surface area contributed by atoms with Crippen LogP contribution in [0.1, 0.15) is 75.7 Å². The molecule has 0 N–H and O–H groups in total. The first-order valence-corrected chi connectivity index (χ1v) is 14.6. The van der Waals surface area contributed by atoms with Crippen molar-refractivity contribution in [3.8, 4) is 0 Å². The summed E-state index contributed by atoms with van der Waals surface area (Å²) >= 11 is 0. The average Bonchev–Trinajstić information content (AvgIpc) is 3.89. The Labute approximate surface area is 239 Å². The Morgan fingerprint density at radius 3 is 2.17 bits per heavy atom. The first-order chi connectivity index (χ1) is 19.5. The van der Waals surface area contributed by atoms with Gasteiger partial charge in [0.2, 0.25) is 0 Å². The molecule has 0 aliphatic heterocycles. The van der Waals surface area contributed by atoms with Crippen molar-refractivity contribution < 1.29 is 18.3 Å². The Balaban J connectivity index is 0.00000141. The molecule has 3 aromatic rings. The topological polar surface area (TPSA) is 34.1 Å². The number of ketones is 2. The molecule has 0 amide bonds. The molecule has 0 aromatic heterocycles. The second-order valence-electron chi connectivity index (χ2n) is 12.0. The van der Waals surface area contributed by atoms with Crippen LogP contribution in [0.25, 0.3) is 11.1 Å². The Morgan fingerprint density at radius 1 is 0.850 bits per heavy atom. The number of benzene rings is 3. The van der Waals surface area contributed by atoms with Gasteiger partial charge in [0.1, 0.15) is 5.82 Å². The molecule has 0 bridgehead atoms. The normalized spacial score (nSPS) is 21.2. The number of hydrogen-bond donors (Lipinski definition) is 0. The van der Waals surface area contributed by atoms with Crippen LogP contribution in [0.2, 0.25) is 0 Å². The van der Waals surface area contributed by atoms with E-state index in [1.807, 2.05) is 12.1 Å². The lowest BCUT2D eigenvalue weighted by Crippen LogP contribution is -2.28. The molecule has 206 valence electrons. The predicted molar refractivity (Wildman–Crippen MR) is 164 cm³/mol.